The minimum atomic E-state index is 0.190. The van der Waals surface area contributed by atoms with Gasteiger partial charge in [0.2, 0.25) is 0 Å². The average Bonchev–Trinajstić information content (AvgIpc) is 2.77. The Labute approximate surface area is 79.6 Å². The van der Waals surface area contributed by atoms with E-state index >= 15 is 0 Å². The van der Waals surface area contributed by atoms with Gasteiger partial charge in [0, 0.05) is 12.3 Å². The third-order valence-electron chi connectivity index (χ3n) is 1.77. The first kappa shape index (κ1) is 8.13. The summed E-state index contributed by atoms with van der Waals surface area (Å²) in [6.45, 7) is 0.904. The SMILES string of the molecule is O=C(c1cccs1)N1CCSC1. The number of nitrogens with zero attached hydrogens (tertiary/aromatic N) is 1. The number of carbonyl (C=O) groups is 1. The fourth-order valence-corrected chi connectivity index (χ4v) is 2.77. The molecule has 0 radical (unpaired) electrons. The summed E-state index contributed by atoms with van der Waals surface area (Å²) in [6.07, 6.45) is 0. The van der Waals surface area contributed by atoms with E-state index < -0.39 is 0 Å². The zero-order chi connectivity index (χ0) is 8.39. The maximum absolute atomic E-state index is 11.6. The van der Waals surface area contributed by atoms with Gasteiger partial charge in [-0.05, 0) is 11.4 Å². The van der Waals surface area contributed by atoms with Crippen LogP contribution in [0.5, 0.6) is 0 Å². The van der Waals surface area contributed by atoms with Crippen LogP contribution >= 0.6 is 23.1 Å². The molecule has 0 saturated carbocycles. The molecule has 1 fully saturated rings. The van der Waals surface area contributed by atoms with Gasteiger partial charge in [-0.2, -0.15) is 0 Å². The van der Waals surface area contributed by atoms with Crippen LogP contribution in [0.25, 0.3) is 0 Å². The van der Waals surface area contributed by atoms with E-state index in [1.807, 2.05) is 34.2 Å². The maximum Gasteiger partial charge on any atom is 0.264 e. The number of thioether (sulfide) groups is 1. The van der Waals surface area contributed by atoms with Gasteiger partial charge < -0.3 is 4.90 Å². The number of thiophene rings is 1. The van der Waals surface area contributed by atoms with E-state index in [2.05, 4.69) is 0 Å². The molecule has 4 heteroatoms. The van der Waals surface area contributed by atoms with Crippen LogP contribution in [-0.2, 0) is 0 Å². The van der Waals surface area contributed by atoms with Gasteiger partial charge in [0.25, 0.3) is 5.91 Å². The Kier molecular flexibility index (Phi) is 2.37. The summed E-state index contributed by atoms with van der Waals surface area (Å²) in [6, 6.07) is 3.80. The minimum absolute atomic E-state index is 0.190. The van der Waals surface area contributed by atoms with Gasteiger partial charge in [0.1, 0.15) is 0 Å². The smallest absolute Gasteiger partial charge is 0.264 e. The second-order valence-electron chi connectivity index (χ2n) is 2.58. The fraction of sp³-hybridized carbons (Fsp3) is 0.375. The largest absolute Gasteiger partial charge is 0.328 e. The summed E-state index contributed by atoms with van der Waals surface area (Å²) in [4.78, 5) is 14.4. The van der Waals surface area contributed by atoms with E-state index in [0.29, 0.717) is 0 Å². The third-order valence-corrected chi connectivity index (χ3v) is 3.60. The molecule has 1 saturated heterocycles. The number of hydrogen-bond donors (Lipinski definition) is 0. The fourth-order valence-electron chi connectivity index (χ4n) is 1.13. The molecule has 64 valence electrons. The summed E-state index contributed by atoms with van der Waals surface area (Å²) >= 11 is 3.33. The van der Waals surface area contributed by atoms with Gasteiger partial charge in [-0.25, -0.2) is 0 Å². The molecule has 0 N–H and O–H groups in total. The molecule has 12 heavy (non-hydrogen) atoms. The molecule has 1 aromatic rings. The molecule has 1 aromatic heterocycles. The van der Waals surface area contributed by atoms with E-state index in [1.165, 1.54) is 11.3 Å². The highest BCUT2D eigenvalue weighted by atomic mass is 32.2. The number of hydrogen-bond acceptors (Lipinski definition) is 3. The van der Waals surface area contributed by atoms with Crippen molar-refractivity contribution in [1.29, 1.82) is 0 Å². The standard InChI is InChI=1S/C8H9NOS2/c10-8(7-2-1-4-12-7)9-3-5-11-6-9/h1-2,4H,3,5-6H2. The van der Waals surface area contributed by atoms with Crippen LogP contribution in [0.1, 0.15) is 9.67 Å². The lowest BCUT2D eigenvalue weighted by Gasteiger charge is -2.12. The van der Waals surface area contributed by atoms with Gasteiger partial charge in [0.15, 0.2) is 0 Å². The Hall–Kier alpha value is -0.480. The summed E-state index contributed by atoms with van der Waals surface area (Å²) in [7, 11) is 0. The Balaban J connectivity index is 2.09. The van der Waals surface area contributed by atoms with Crippen LogP contribution in [0, 0.1) is 0 Å². The first-order chi connectivity index (χ1) is 5.88. The van der Waals surface area contributed by atoms with Crippen molar-refractivity contribution in [1.82, 2.24) is 4.90 Å². The summed E-state index contributed by atoms with van der Waals surface area (Å²) in [5, 5.41) is 1.94. The highest BCUT2D eigenvalue weighted by molar-refractivity contribution is 7.99. The monoisotopic (exact) mass is 199 g/mol. The Bertz CT molecular complexity index is 265. The van der Waals surface area contributed by atoms with Crippen LogP contribution in [-0.4, -0.2) is 29.0 Å². The zero-order valence-corrected chi connectivity index (χ0v) is 8.16. The minimum Gasteiger partial charge on any atom is -0.328 e. The van der Waals surface area contributed by atoms with Crippen LogP contribution in [0.15, 0.2) is 17.5 Å². The average molecular weight is 199 g/mol. The van der Waals surface area contributed by atoms with Crippen molar-refractivity contribution >= 4 is 29.0 Å². The van der Waals surface area contributed by atoms with Crippen molar-refractivity contribution < 1.29 is 4.79 Å². The van der Waals surface area contributed by atoms with Gasteiger partial charge in [0.05, 0.1) is 10.8 Å². The normalized spacial score (nSPS) is 16.8. The molecule has 1 amide bonds. The highest BCUT2D eigenvalue weighted by Crippen LogP contribution is 2.18. The molecule has 0 aliphatic carbocycles. The molecule has 0 unspecified atom stereocenters. The molecule has 2 heterocycles. The first-order valence-corrected chi connectivity index (χ1v) is 5.82. The first-order valence-electron chi connectivity index (χ1n) is 3.78. The van der Waals surface area contributed by atoms with Gasteiger partial charge >= 0.3 is 0 Å². The van der Waals surface area contributed by atoms with Gasteiger partial charge in [-0.3, -0.25) is 4.79 Å². The van der Waals surface area contributed by atoms with E-state index in [1.54, 1.807) is 0 Å². The molecule has 0 atom stereocenters. The van der Waals surface area contributed by atoms with Crippen molar-refractivity contribution in [2.45, 2.75) is 0 Å². The molecule has 1 aliphatic rings. The molecule has 0 spiro atoms. The van der Waals surface area contributed by atoms with Crippen molar-refractivity contribution in [2.75, 3.05) is 18.2 Å². The number of rotatable bonds is 1. The Morgan fingerprint density at radius 1 is 1.58 bits per heavy atom. The van der Waals surface area contributed by atoms with E-state index in [0.717, 1.165) is 23.1 Å². The molecule has 1 aliphatic heterocycles. The quantitative estimate of drug-likeness (QED) is 0.688. The Morgan fingerprint density at radius 2 is 2.50 bits per heavy atom. The number of amides is 1. The molecule has 0 bridgehead atoms. The second kappa shape index (κ2) is 3.49. The maximum atomic E-state index is 11.6. The van der Waals surface area contributed by atoms with Crippen molar-refractivity contribution in [3.63, 3.8) is 0 Å². The lowest BCUT2D eigenvalue weighted by Crippen LogP contribution is -2.26. The van der Waals surface area contributed by atoms with Gasteiger partial charge in [-0.15, -0.1) is 23.1 Å². The second-order valence-corrected chi connectivity index (χ2v) is 4.61. The lowest BCUT2D eigenvalue weighted by molar-refractivity contribution is 0.0807. The molecular weight excluding hydrogens is 190 g/mol. The summed E-state index contributed by atoms with van der Waals surface area (Å²) in [5.74, 6) is 2.13. The van der Waals surface area contributed by atoms with Gasteiger partial charge in [-0.1, -0.05) is 6.07 Å². The Morgan fingerprint density at radius 3 is 3.08 bits per heavy atom. The van der Waals surface area contributed by atoms with E-state index in [-0.39, 0.29) is 5.91 Å². The molecule has 0 aromatic carbocycles. The van der Waals surface area contributed by atoms with E-state index in [4.69, 9.17) is 0 Å². The van der Waals surface area contributed by atoms with Crippen LogP contribution in [0.2, 0.25) is 0 Å². The number of carbonyl (C=O) groups excluding carboxylic acids is 1. The molecule has 2 nitrogen and oxygen atoms in total. The zero-order valence-electron chi connectivity index (χ0n) is 6.53. The summed E-state index contributed by atoms with van der Waals surface area (Å²) in [5.41, 5.74) is 0. The highest BCUT2D eigenvalue weighted by Gasteiger charge is 2.19. The van der Waals surface area contributed by atoms with Crippen molar-refractivity contribution in [2.24, 2.45) is 0 Å². The van der Waals surface area contributed by atoms with Crippen LogP contribution in [0.3, 0.4) is 0 Å². The van der Waals surface area contributed by atoms with E-state index in [9.17, 15) is 4.79 Å². The third kappa shape index (κ3) is 1.49. The van der Waals surface area contributed by atoms with Crippen molar-refractivity contribution in [3.8, 4) is 0 Å². The lowest BCUT2D eigenvalue weighted by atomic mass is 10.4. The molecular formula is C8H9NOS2. The predicted molar refractivity (Wildman–Crippen MR) is 52.7 cm³/mol. The van der Waals surface area contributed by atoms with Crippen molar-refractivity contribution in [3.05, 3.63) is 22.4 Å². The topological polar surface area (TPSA) is 20.3 Å². The van der Waals surface area contributed by atoms with Crippen LogP contribution in [0.4, 0.5) is 0 Å². The van der Waals surface area contributed by atoms with Crippen LogP contribution < -0.4 is 0 Å². The molecule has 2 rings (SSSR count). The predicted octanol–water partition coefficient (Wildman–Crippen LogP) is 1.89. The summed E-state index contributed by atoms with van der Waals surface area (Å²) < 4.78 is 0.